The van der Waals surface area contributed by atoms with Crippen LogP contribution in [0.2, 0.25) is 0 Å². The molecule has 0 N–H and O–H groups in total. The molecule has 0 amide bonds. The molecule has 20 heavy (non-hydrogen) atoms. The van der Waals surface area contributed by atoms with Gasteiger partial charge in [0.05, 0.1) is 12.2 Å². The lowest BCUT2D eigenvalue weighted by Crippen LogP contribution is -2.05. The first kappa shape index (κ1) is 14.5. The van der Waals surface area contributed by atoms with Gasteiger partial charge in [0.2, 0.25) is 0 Å². The van der Waals surface area contributed by atoms with Crippen LogP contribution in [0.5, 0.6) is 0 Å². The second-order valence-electron chi connectivity index (χ2n) is 4.19. The van der Waals surface area contributed by atoms with Crippen molar-refractivity contribution in [3.8, 4) is 11.3 Å². The molecular formula is C15H13BrO4. The van der Waals surface area contributed by atoms with Crippen LogP contribution in [0.4, 0.5) is 0 Å². The first-order valence-electron chi connectivity index (χ1n) is 6.09. The fraction of sp³-hybridized carbons (Fsp3) is 0.200. The average molecular weight is 337 g/mol. The van der Waals surface area contributed by atoms with Crippen LogP contribution in [0.15, 0.2) is 33.2 Å². The van der Waals surface area contributed by atoms with Gasteiger partial charge in [-0.1, -0.05) is 15.9 Å². The highest BCUT2D eigenvalue weighted by atomic mass is 79.9. The Hall–Kier alpha value is -1.88. The van der Waals surface area contributed by atoms with E-state index in [-0.39, 0.29) is 11.7 Å². The minimum atomic E-state index is -0.365. The second kappa shape index (κ2) is 6.05. The number of aryl methyl sites for hydroxylation is 1. The van der Waals surface area contributed by atoms with Gasteiger partial charge >= 0.3 is 5.97 Å². The number of furan rings is 1. The molecule has 0 saturated carbocycles. The minimum Gasteiger partial charge on any atom is -0.462 e. The van der Waals surface area contributed by atoms with E-state index >= 15 is 0 Å². The number of esters is 1. The van der Waals surface area contributed by atoms with Gasteiger partial charge in [-0.25, -0.2) is 4.79 Å². The van der Waals surface area contributed by atoms with Crippen LogP contribution < -0.4 is 0 Å². The fourth-order valence-electron chi connectivity index (χ4n) is 1.94. The summed E-state index contributed by atoms with van der Waals surface area (Å²) in [5.41, 5.74) is 2.14. The van der Waals surface area contributed by atoms with Crippen LogP contribution in [0.1, 0.15) is 33.4 Å². The molecule has 0 atom stereocenters. The molecule has 0 fully saturated rings. The van der Waals surface area contributed by atoms with Gasteiger partial charge in [0.15, 0.2) is 12.0 Å². The summed E-state index contributed by atoms with van der Waals surface area (Å²) in [6, 6.07) is 6.75. The first-order chi connectivity index (χ1) is 9.56. The largest absolute Gasteiger partial charge is 0.462 e. The van der Waals surface area contributed by atoms with Crippen molar-refractivity contribution in [1.82, 2.24) is 0 Å². The van der Waals surface area contributed by atoms with Crippen LogP contribution >= 0.6 is 15.9 Å². The SMILES string of the molecule is CCOC(=O)c1cc(C)c(-c2ccc(C=O)o2)c(Br)c1. The zero-order valence-electron chi connectivity index (χ0n) is 11.1. The molecule has 0 aliphatic heterocycles. The van der Waals surface area contributed by atoms with Gasteiger partial charge in [-0.15, -0.1) is 0 Å². The molecule has 0 spiro atoms. The number of ether oxygens (including phenoxy) is 1. The summed E-state index contributed by atoms with van der Waals surface area (Å²) in [7, 11) is 0. The van der Waals surface area contributed by atoms with Crippen molar-refractivity contribution < 1.29 is 18.7 Å². The Morgan fingerprint density at radius 2 is 2.15 bits per heavy atom. The standard InChI is InChI=1S/C15H13BrO4/c1-3-19-15(18)10-6-9(2)14(12(16)7-10)13-5-4-11(8-17)20-13/h4-8H,3H2,1-2H3. The molecule has 0 saturated heterocycles. The number of rotatable bonds is 4. The van der Waals surface area contributed by atoms with Gasteiger partial charge in [-0.2, -0.15) is 0 Å². The van der Waals surface area contributed by atoms with E-state index in [1.807, 2.05) is 6.92 Å². The molecule has 0 bridgehead atoms. The van der Waals surface area contributed by atoms with Crippen LogP contribution in [-0.2, 0) is 4.74 Å². The maximum absolute atomic E-state index is 11.7. The van der Waals surface area contributed by atoms with Crippen molar-refractivity contribution in [1.29, 1.82) is 0 Å². The molecule has 1 aromatic heterocycles. The molecule has 1 heterocycles. The normalized spacial score (nSPS) is 10.3. The van der Waals surface area contributed by atoms with Crippen molar-refractivity contribution in [2.45, 2.75) is 13.8 Å². The number of halogens is 1. The topological polar surface area (TPSA) is 56.5 Å². The summed E-state index contributed by atoms with van der Waals surface area (Å²) in [6.07, 6.45) is 0.653. The van der Waals surface area contributed by atoms with E-state index < -0.39 is 0 Å². The molecule has 0 aliphatic rings. The summed E-state index contributed by atoms with van der Waals surface area (Å²) >= 11 is 3.43. The molecule has 104 valence electrons. The van der Waals surface area contributed by atoms with E-state index in [4.69, 9.17) is 9.15 Å². The maximum atomic E-state index is 11.7. The third-order valence-corrected chi connectivity index (χ3v) is 3.41. The van der Waals surface area contributed by atoms with Gasteiger partial charge in [0.25, 0.3) is 0 Å². The van der Waals surface area contributed by atoms with Crippen molar-refractivity contribution >= 4 is 28.2 Å². The van der Waals surface area contributed by atoms with E-state index in [2.05, 4.69) is 15.9 Å². The van der Waals surface area contributed by atoms with Gasteiger partial charge in [-0.05, 0) is 43.7 Å². The van der Waals surface area contributed by atoms with Crippen molar-refractivity contribution in [3.63, 3.8) is 0 Å². The second-order valence-corrected chi connectivity index (χ2v) is 5.04. The number of benzene rings is 1. The number of carbonyl (C=O) groups excluding carboxylic acids is 2. The van der Waals surface area contributed by atoms with E-state index in [0.717, 1.165) is 11.1 Å². The zero-order chi connectivity index (χ0) is 14.7. The summed E-state index contributed by atoms with van der Waals surface area (Å²) in [5, 5.41) is 0. The Morgan fingerprint density at radius 1 is 1.40 bits per heavy atom. The molecule has 0 radical (unpaired) electrons. The molecule has 2 rings (SSSR count). The van der Waals surface area contributed by atoms with Crippen molar-refractivity contribution in [2.24, 2.45) is 0 Å². The zero-order valence-corrected chi connectivity index (χ0v) is 12.7. The lowest BCUT2D eigenvalue weighted by molar-refractivity contribution is 0.0526. The molecule has 1 aromatic carbocycles. The summed E-state index contributed by atoms with van der Waals surface area (Å²) in [6.45, 7) is 3.96. The van der Waals surface area contributed by atoms with E-state index in [1.165, 1.54) is 0 Å². The van der Waals surface area contributed by atoms with E-state index in [1.54, 1.807) is 31.2 Å². The molecule has 2 aromatic rings. The Labute approximate surface area is 124 Å². The predicted octanol–water partition coefficient (Wildman–Crippen LogP) is 4.01. The van der Waals surface area contributed by atoms with Gasteiger partial charge in [0, 0.05) is 10.0 Å². The molecule has 0 aliphatic carbocycles. The quantitative estimate of drug-likeness (QED) is 0.625. The molecule has 4 nitrogen and oxygen atoms in total. The third kappa shape index (κ3) is 2.82. The highest BCUT2D eigenvalue weighted by Crippen LogP contribution is 2.33. The highest BCUT2D eigenvalue weighted by molar-refractivity contribution is 9.10. The van der Waals surface area contributed by atoms with Crippen LogP contribution in [-0.4, -0.2) is 18.9 Å². The summed E-state index contributed by atoms with van der Waals surface area (Å²) in [5.74, 6) is 0.475. The smallest absolute Gasteiger partial charge is 0.338 e. The van der Waals surface area contributed by atoms with Gasteiger partial charge in [0.1, 0.15) is 5.76 Å². The monoisotopic (exact) mass is 336 g/mol. The van der Waals surface area contributed by atoms with E-state index in [9.17, 15) is 9.59 Å². The van der Waals surface area contributed by atoms with Gasteiger partial charge < -0.3 is 9.15 Å². The number of carbonyl (C=O) groups is 2. The molecule has 5 heteroatoms. The van der Waals surface area contributed by atoms with Crippen LogP contribution in [0.3, 0.4) is 0 Å². The Morgan fingerprint density at radius 3 is 2.70 bits per heavy atom. The Bertz CT molecular complexity index is 635. The summed E-state index contributed by atoms with van der Waals surface area (Å²) < 4.78 is 11.1. The van der Waals surface area contributed by atoms with Crippen LogP contribution in [0, 0.1) is 6.92 Å². The number of hydrogen-bond donors (Lipinski definition) is 0. The minimum absolute atomic E-state index is 0.265. The predicted molar refractivity (Wildman–Crippen MR) is 77.9 cm³/mol. The number of hydrogen-bond acceptors (Lipinski definition) is 4. The van der Waals surface area contributed by atoms with E-state index in [0.29, 0.717) is 28.7 Å². The Kier molecular flexibility index (Phi) is 4.39. The van der Waals surface area contributed by atoms with Gasteiger partial charge in [-0.3, -0.25) is 4.79 Å². The Balaban J connectivity index is 2.45. The van der Waals surface area contributed by atoms with Crippen LogP contribution in [0.25, 0.3) is 11.3 Å². The lowest BCUT2D eigenvalue weighted by atomic mass is 10.0. The average Bonchev–Trinajstić information content (AvgIpc) is 2.86. The molecule has 0 unspecified atom stereocenters. The first-order valence-corrected chi connectivity index (χ1v) is 6.88. The van der Waals surface area contributed by atoms with Crippen molar-refractivity contribution in [3.05, 3.63) is 45.6 Å². The number of aldehydes is 1. The lowest BCUT2D eigenvalue weighted by Gasteiger charge is -2.09. The molecular weight excluding hydrogens is 324 g/mol. The summed E-state index contributed by atoms with van der Waals surface area (Å²) in [4.78, 5) is 22.4. The third-order valence-electron chi connectivity index (χ3n) is 2.79. The maximum Gasteiger partial charge on any atom is 0.338 e. The fourth-order valence-corrected chi connectivity index (χ4v) is 2.69. The van der Waals surface area contributed by atoms with Crippen molar-refractivity contribution in [2.75, 3.05) is 6.61 Å². The highest BCUT2D eigenvalue weighted by Gasteiger charge is 2.16.